The minimum Gasteiger partial charge on any atom is -0.373 e. The zero-order valence-corrected chi connectivity index (χ0v) is 38.9. The minimum absolute atomic E-state index is 0.0442. The molecule has 4 fully saturated rings. The first-order chi connectivity index (χ1) is 30.4. The summed E-state index contributed by atoms with van der Waals surface area (Å²) in [6, 6.07) is -2.11. The molecule has 362 valence electrons. The second-order valence-electron chi connectivity index (χ2n) is 18.5. The molecule has 2 aliphatic carbocycles. The first kappa shape index (κ1) is 51.7. The molecule has 2 aliphatic heterocycles. The summed E-state index contributed by atoms with van der Waals surface area (Å²) in [6.07, 6.45) is -4.25. The van der Waals surface area contributed by atoms with E-state index in [-0.39, 0.29) is 62.6 Å². The van der Waals surface area contributed by atoms with Gasteiger partial charge in [-0.05, 0) is 94.4 Å². The predicted molar refractivity (Wildman–Crippen MR) is 232 cm³/mol. The largest absolute Gasteiger partial charge is 0.426 e. The molecule has 65 heavy (non-hydrogen) atoms. The maximum absolute atomic E-state index is 14.8. The van der Waals surface area contributed by atoms with Crippen molar-refractivity contribution in [2.45, 2.75) is 158 Å². The molecule has 4 aliphatic rings. The van der Waals surface area contributed by atoms with Gasteiger partial charge in [-0.15, -0.1) is 0 Å². The van der Waals surface area contributed by atoms with Gasteiger partial charge < -0.3 is 41.1 Å². The summed E-state index contributed by atoms with van der Waals surface area (Å²) >= 11 is 12.8. The Labute approximate surface area is 386 Å². The summed E-state index contributed by atoms with van der Waals surface area (Å²) in [5.74, 6) is -6.33. The normalized spacial score (nSPS) is 26.1. The van der Waals surface area contributed by atoms with Crippen LogP contribution in [-0.2, 0) is 40.0 Å². The van der Waals surface area contributed by atoms with E-state index in [2.05, 4.69) is 21.3 Å². The maximum Gasteiger partial charge on any atom is 0.426 e. The molecule has 7 amide bonds. The van der Waals surface area contributed by atoms with Crippen molar-refractivity contribution in [3.8, 4) is 0 Å². The van der Waals surface area contributed by atoms with Crippen molar-refractivity contribution in [3.05, 3.63) is 33.8 Å². The number of nitrogens with one attached hydrogen (secondary N) is 4. The molecule has 0 bridgehead atoms. The number of amides is 7. The molecule has 1 aromatic rings. The third kappa shape index (κ3) is 12.2. The molecule has 2 saturated heterocycles. The number of halogens is 6. The number of carbonyl (C=O) groups excluding carboxylic acids is 7. The first-order valence-corrected chi connectivity index (χ1v) is 23.1. The van der Waals surface area contributed by atoms with E-state index in [0.717, 1.165) is 6.42 Å². The Morgan fingerprint density at radius 1 is 1.02 bits per heavy atom. The Balaban J connectivity index is 1.46. The zero-order chi connectivity index (χ0) is 48.2. The van der Waals surface area contributed by atoms with Crippen LogP contribution in [0.4, 0.5) is 17.6 Å². The highest BCUT2D eigenvalue weighted by atomic mass is 35.5. The third-order valence-electron chi connectivity index (χ3n) is 13.1. The fraction of sp³-hybridized carbons (Fsp3) is 0.705. The monoisotopic (exact) mass is 961 g/mol. The lowest BCUT2D eigenvalue weighted by Crippen LogP contribution is -2.62. The van der Waals surface area contributed by atoms with Gasteiger partial charge in [0, 0.05) is 43.0 Å². The van der Waals surface area contributed by atoms with E-state index in [9.17, 15) is 56.2 Å². The SMILES string of the molecule is CCN(C(=O)[C@H](CC1CCC1)NC(=O)[C@@H]1C[C@@H](F)CN1C(=O)[C@@](C)(O)C(F)(F)F)[C@H]1CCCCNC(=O)C2(CC2)NC(=O)[C@H](Cc2cc(Cl)ccc2Cl)N(C)C(=O)[C@H](CC(C)C)NC1=O. The lowest BCUT2D eigenvalue weighted by atomic mass is 9.80. The van der Waals surface area contributed by atoms with Crippen LogP contribution in [0, 0.1) is 11.8 Å². The second kappa shape index (κ2) is 21.2. The van der Waals surface area contributed by atoms with Gasteiger partial charge in [0.25, 0.3) is 5.91 Å². The minimum atomic E-state index is -5.43. The molecule has 1 aromatic carbocycles. The van der Waals surface area contributed by atoms with Crippen LogP contribution < -0.4 is 21.3 Å². The molecule has 2 heterocycles. The van der Waals surface area contributed by atoms with E-state index in [1.165, 1.54) is 16.8 Å². The smallest absolute Gasteiger partial charge is 0.373 e. The average Bonchev–Trinajstić information content (AvgIpc) is 3.89. The van der Waals surface area contributed by atoms with Crippen LogP contribution in [0.3, 0.4) is 0 Å². The van der Waals surface area contributed by atoms with Crippen LogP contribution in [0.5, 0.6) is 0 Å². The summed E-state index contributed by atoms with van der Waals surface area (Å²) in [5.41, 5.74) is -4.66. The molecule has 21 heteroatoms. The number of likely N-dealkylation sites (tertiary alicyclic amines) is 1. The summed E-state index contributed by atoms with van der Waals surface area (Å²) in [5, 5.41) is 21.9. The second-order valence-corrected chi connectivity index (χ2v) is 19.4. The first-order valence-electron chi connectivity index (χ1n) is 22.4. The van der Waals surface area contributed by atoms with E-state index in [4.69, 9.17) is 23.2 Å². The Morgan fingerprint density at radius 3 is 2.28 bits per heavy atom. The van der Waals surface area contributed by atoms with E-state index < -0.39 is 108 Å². The number of hydrogen-bond donors (Lipinski definition) is 5. The lowest BCUT2D eigenvalue weighted by Gasteiger charge is -2.38. The number of benzene rings is 1. The number of aliphatic hydroxyl groups is 1. The highest BCUT2D eigenvalue weighted by molar-refractivity contribution is 6.33. The molecule has 1 spiro atoms. The topological polar surface area (TPSA) is 198 Å². The molecule has 5 rings (SSSR count). The third-order valence-corrected chi connectivity index (χ3v) is 13.7. The van der Waals surface area contributed by atoms with Crippen LogP contribution in [0.2, 0.25) is 10.0 Å². The number of carbonyl (C=O) groups is 7. The van der Waals surface area contributed by atoms with Crippen LogP contribution in [-0.4, -0.2) is 142 Å². The zero-order valence-electron chi connectivity index (χ0n) is 37.4. The van der Waals surface area contributed by atoms with Gasteiger partial charge in [-0.1, -0.05) is 56.3 Å². The van der Waals surface area contributed by atoms with E-state index in [0.29, 0.717) is 54.0 Å². The van der Waals surface area contributed by atoms with Gasteiger partial charge in [0.05, 0.1) is 6.54 Å². The van der Waals surface area contributed by atoms with Gasteiger partial charge in [-0.25, -0.2) is 4.39 Å². The van der Waals surface area contributed by atoms with Crippen LogP contribution in [0.1, 0.15) is 104 Å². The summed E-state index contributed by atoms with van der Waals surface area (Å²) in [7, 11) is 1.41. The van der Waals surface area contributed by atoms with Crippen molar-refractivity contribution in [2.75, 3.05) is 26.7 Å². The van der Waals surface area contributed by atoms with Crippen LogP contribution in [0.25, 0.3) is 0 Å². The van der Waals surface area contributed by atoms with Gasteiger partial charge in [-0.3, -0.25) is 33.6 Å². The highest BCUT2D eigenvalue weighted by Crippen LogP contribution is 2.37. The van der Waals surface area contributed by atoms with Gasteiger partial charge >= 0.3 is 6.18 Å². The van der Waals surface area contributed by atoms with Gasteiger partial charge in [-0.2, -0.15) is 13.2 Å². The fourth-order valence-corrected chi connectivity index (χ4v) is 9.12. The molecule has 0 unspecified atom stereocenters. The molecule has 0 radical (unpaired) electrons. The standard InChI is InChI=1S/C44H61Cl2F4N7O8/c1-6-56(39(62)31(19-25-10-9-11-25)53-36(59)34-22-28(47)23-57(34)41(64)42(4,65)44(48,49)50)32-12-7-8-17-51-40(63)43(15-16-43)54-37(60)33(21-26-20-27(45)13-14-29(26)46)55(5)38(61)30(18-24(2)3)52-35(32)58/h13-14,20,24-25,28,30-34,65H,6-12,15-19,21-23H2,1-5H3,(H,51,63)(H,52,58)(H,53,59)(H,54,60)/t28-,30+,31+,32+,33+,34+,42-/m1/s1. The quantitative estimate of drug-likeness (QED) is 0.194. The van der Waals surface area contributed by atoms with Crippen molar-refractivity contribution in [1.82, 2.24) is 36.0 Å². The average molecular weight is 963 g/mol. The molecule has 7 atom stereocenters. The fourth-order valence-electron chi connectivity index (χ4n) is 8.73. The summed E-state index contributed by atoms with van der Waals surface area (Å²) in [6.45, 7) is 4.71. The molecule has 5 N–H and O–H groups in total. The Hall–Kier alpha value is -4.23. The Morgan fingerprint density at radius 2 is 1.69 bits per heavy atom. The number of likely N-dealkylation sites (N-methyl/N-ethyl adjacent to an activating group) is 2. The Kier molecular flexibility index (Phi) is 16.8. The summed E-state index contributed by atoms with van der Waals surface area (Å²) < 4.78 is 55.9. The molecular weight excluding hydrogens is 901 g/mol. The molecule has 2 saturated carbocycles. The van der Waals surface area contributed by atoms with Crippen molar-refractivity contribution in [1.29, 1.82) is 0 Å². The molecular formula is C44H61Cl2F4N7O8. The van der Waals surface area contributed by atoms with Crippen molar-refractivity contribution >= 4 is 64.6 Å². The number of nitrogens with zero attached hydrogens (tertiary/aromatic N) is 3. The van der Waals surface area contributed by atoms with Crippen LogP contribution in [0.15, 0.2) is 18.2 Å². The number of hydrogen-bond acceptors (Lipinski definition) is 8. The van der Waals surface area contributed by atoms with Gasteiger partial charge in [0.15, 0.2) is 0 Å². The van der Waals surface area contributed by atoms with Crippen molar-refractivity contribution in [3.63, 3.8) is 0 Å². The Bertz CT molecular complexity index is 1970. The molecule has 15 nitrogen and oxygen atoms in total. The number of alkyl halides is 4. The van der Waals surface area contributed by atoms with Gasteiger partial charge in [0.1, 0.15) is 41.9 Å². The van der Waals surface area contributed by atoms with Gasteiger partial charge in [0.2, 0.25) is 41.0 Å². The predicted octanol–water partition coefficient (Wildman–Crippen LogP) is 3.99. The lowest BCUT2D eigenvalue weighted by molar-refractivity contribution is -0.250. The maximum atomic E-state index is 14.8. The van der Waals surface area contributed by atoms with Crippen LogP contribution >= 0.6 is 23.2 Å². The van der Waals surface area contributed by atoms with E-state index >= 15 is 0 Å². The molecule has 0 aromatic heterocycles. The van der Waals surface area contributed by atoms with Crippen molar-refractivity contribution < 1.29 is 56.2 Å². The number of rotatable bonds is 12. The van der Waals surface area contributed by atoms with Crippen molar-refractivity contribution in [2.24, 2.45) is 11.8 Å². The highest BCUT2D eigenvalue weighted by Gasteiger charge is 2.60. The summed E-state index contributed by atoms with van der Waals surface area (Å²) in [4.78, 5) is 101. The van der Waals surface area contributed by atoms with E-state index in [1.54, 1.807) is 25.1 Å². The van der Waals surface area contributed by atoms with E-state index in [1.807, 2.05) is 13.8 Å².